The first-order valence-electron chi connectivity index (χ1n) is 4.21. The highest BCUT2D eigenvalue weighted by molar-refractivity contribution is 5.88. The molecule has 0 aliphatic rings. The lowest BCUT2D eigenvalue weighted by Gasteiger charge is -2.08. The zero-order chi connectivity index (χ0) is 10.3. The third-order valence-corrected chi connectivity index (χ3v) is 1.52. The minimum absolute atomic E-state index is 0.0621. The summed E-state index contributed by atoms with van der Waals surface area (Å²) in [5.74, 6) is 0.116. The lowest BCUT2D eigenvalue weighted by molar-refractivity contribution is -0.138. The molecule has 0 aliphatic heterocycles. The molecular weight excluding hydrogens is 172 g/mol. The predicted octanol–water partition coefficient (Wildman–Crippen LogP) is 0.852. The van der Waals surface area contributed by atoms with Gasteiger partial charge in [-0.25, -0.2) is 4.79 Å². The zero-order valence-electron chi connectivity index (χ0n) is 8.29. The molecule has 0 saturated heterocycles. The van der Waals surface area contributed by atoms with Crippen molar-refractivity contribution in [1.29, 1.82) is 0 Å². The standard InChI is InChI=1S/C9H16O4/c1-4-12-9(11)7(2)8(3)13-6-5-10/h10H,4-6H2,1-3H3. The van der Waals surface area contributed by atoms with Crippen LogP contribution in [0, 0.1) is 0 Å². The molecule has 1 N–H and O–H groups in total. The van der Waals surface area contributed by atoms with E-state index in [1.54, 1.807) is 20.8 Å². The summed E-state index contributed by atoms with van der Waals surface area (Å²) in [4.78, 5) is 11.1. The Morgan fingerprint density at radius 3 is 2.38 bits per heavy atom. The number of aliphatic hydroxyl groups excluding tert-OH is 1. The van der Waals surface area contributed by atoms with Gasteiger partial charge < -0.3 is 14.6 Å². The molecule has 0 aromatic rings. The minimum Gasteiger partial charge on any atom is -0.495 e. The first-order valence-corrected chi connectivity index (χ1v) is 4.21. The van der Waals surface area contributed by atoms with Crippen LogP contribution in [0.4, 0.5) is 0 Å². The highest BCUT2D eigenvalue weighted by Crippen LogP contribution is 2.06. The van der Waals surface area contributed by atoms with Crippen molar-refractivity contribution < 1.29 is 19.4 Å². The molecule has 0 fully saturated rings. The van der Waals surface area contributed by atoms with Crippen molar-refractivity contribution in [1.82, 2.24) is 0 Å². The topological polar surface area (TPSA) is 55.8 Å². The number of hydrogen-bond donors (Lipinski definition) is 1. The Kier molecular flexibility index (Phi) is 5.97. The van der Waals surface area contributed by atoms with Crippen LogP contribution < -0.4 is 0 Å². The van der Waals surface area contributed by atoms with Crippen LogP contribution in [0.2, 0.25) is 0 Å². The monoisotopic (exact) mass is 188 g/mol. The number of aliphatic hydroxyl groups is 1. The molecule has 0 bridgehead atoms. The molecule has 0 aliphatic carbocycles. The minimum atomic E-state index is -0.377. The first kappa shape index (κ1) is 12.0. The third-order valence-electron chi connectivity index (χ3n) is 1.52. The van der Waals surface area contributed by atoms with E-state index in [2.05, 4.69) is 0 Å². The van der Waals surface area contributed by atoms with E-state index in [0.717, 1.165) is 0 Å². The van der Waals surface area contributed by atoms with Crippen molar-refractivity contribution in [2.45, 2.75) is 20.8 Å². The molecule has 0 heterocycles. The first-order chi connectivity index (χ1) is 6.13. The van der Waals surface area contributed by atoms with Crippen molar-refractivity contribution in [2.24, 2.45) is 0 Å². The molecule has 4 nitrogen and oxygen atoms in total. The molecule has 0 saturated carbocycles. The van der Waals surface area contributed by atoms with Gasteiger partial charge in [0.15, 0.2) is 0 Å². The molecular formula is C9H16O4. The van der Waals surface area contributed by atoms with E-state index in [1.165, 1.54) is 0 Å². The summed E-state index contributed by atoms with van der Waals surface area (Å²) in [6, 6.07) is 0. The van der Waals surface area contributed by atoms with Crippen molar-refractivity contribution in [3.05, 3.63) is 11.3 Å². The predicted molar refractivity (Wildman–Crippen MR) is 48.0 cm³/mol. The van der Waals surface area contributed by atoms with Crippen molar-refractivity contribution in [2.75, 3.05) is 19.8 Å². The number of rotatable bonds is 5. The highest BCUT2D eigenvalue weighted by atomic mass is 16.5. The molecule has 0 spiro atoms. The van der Waals surface area contributed by atoms with Crippen molar-refractivity contribution in [3.8, 4) is 0 Å². The van der Waals surface area contributed by atoms with E-state index >= 15 is 0 Å². The van der Waals surface area contributed by atoms with Crippen LogP contribution in [0.5, 0.6) is 0 Å². The normalized spacial score (nSPS) is 12.0. The number of carbonyl (C=O) groups excluding carboxylic acids is 1. The van der Waals surface area contributed by atoms with E-state index in [-0.39, 0.29) is 19.2 Å². The molecule has 0 atom stereocenters. The molecule has 76 valence electrons. The zero-order valence-corrected chi connectivity index (χ0v) is 8.29. The second kappa shape index (κ2) is 6.48. The molecule has 0 radical (unpaired) electrons. The molecule has 0 aromatic heterocycles. The van der Waals surface area contributed by atoms with Gasteiger partial charge in [-0.1, -0.05) is 0 Å². The highest BCUT2D eigenvalue weighted by Gasteiger charge is 2.08. The van der Waals surface area contributed by atoms with Gasteiger partial charge >= 0.3 is 5.97 Å². The van der Waals surface area contributed by atoms with Gasteiger partial charge in [-0.3, -0.25) is 0 Å². The van der Waals surface area contributed by atoms with Crippen molar-refractivity contribution in [3.63, 3.8) is 0 Å². The van der Waals surface area contributed by atoms with Crippen LogP contribution in [0.25, 0.3) is 0 Å². The summed E-state index contributed by atoms with van der Waals surface area (Å²) in [5.41, 5.74) is 0.440. The summed E-state index contributed by atoms with van der Waals surface area (Å²) >= 11 is 0. The number of esters is 1. The number of carbonyl (C=O) groups is 1. The SMILES string of the molecule is CCOC(=O)C(C)=C(C)OCCO. The third kappa shape index (κ3) is 4.52. The molecule has 4 heteroatoms. The van der Waals surface area contributed by atoms with Gasteiger partial charge in [-0.2, -0.15) is 0 Å². The number of ether oxygens (including phenoxy) is 2. The Bertz CT molecular complexity index is 196. The van der Waals surface area contributed by atoms with Gasteiger partial charge in [0.05, 0.1) is 18.8 Å². The van der Waals surface area contributed by atoms with Gasteiger partial charge in [-0.05, 0) is 20.8 Å². The van der Waals surface area contributed by atoms with E-state index in [9.17, 15) is 4.79 Å². The molecule has 0 unspecified atom stereocenters. The summed E-state index contributed by atoms with van der Waals surface area (Å²) in [6.45, 7) is 5.53. The van der Waals surface area contributed by atoms with Gasteiger partial charge in [0.2, 0.25) is 0 Å². The van der Waals surface area contributed by atoms with Crippen LogP contribution in [0.3, 0.4) is 0 Å². The van der Waals surface area contributed by atoms with E-state index < -0.39 is 0 Å². The molecule has 13 heavy (non-hydrogen) atoms. The fraction of sp³-hybridized carbons (Fsp3) is 0.667. The van der Waals surface area contributed by atoms with E-state index in [1.807, 2.05) is 0 Å². The summed E-state index contributed by atoms with van der Waals surface area (Å²) < 4.78 is 9.81. The number of allylic oxidation sites excluding steroid dienone is 1. The van der Waals surface area contributed by atoms with Crippen LogP contribution in [-0.2, 0) is 14.3 Å². The van der Waals surface area contributed by atoms with Crippen LogP contribution >= 0.6 is 0 Å². The van der Waals surface area contributed by atoms with Crippen LogP contribution in [-0.4, -0.2) is 30.9 Å². The Hall–Kier alpha value is -1.03. The Balaban J connectivity index is 4.15. The maximum atomic E-state index is 11.1. The van der Waals surface area contributed by atoms with Crippen LogP contribution in [0.1, 0.15) is 20.8 Å². The van der Waals surface area contributed by atoms with Gasteiger partial charge in [-0.15, -0.1) is 0 Å². The summed E-state index contributed by atoms with van der Waals surface area (Å²) in [5, 5.41) is 8.48. The smallest absolute Gasteiger partial charge is 0.337 e. The fourth-order valence-corrected chi connectivity index (χ4v) is 0.690. The average Bonchev–Trinajstić information content (AvgIpc) is 2.13. The lowest BCUT2D eigenvalue weighted by atomic mass is 10.3. The number of hydrogen-bond acceptors (Lipinski definition) is 4. The Morgan fingerprint density at radius 2 is 1.92 bits per heavy atom. The van der Waals surface area contributed by atoms with Crippen molar-refractivity contribution >= 4 is 5.97 Å². The summed E-state index contributed by atoms with van der Waals surface area (Å²) in [6.07, 6.45) is 0. The quantitative estimate of drug-likeness (QED) is 0.395. The van der Waals surface area contributed by atoms with Gasteiger partial charge in [0.25, 0.3) is 0 Å². The second-order valence-electron chi connectivity index (χ2n) is 2.47. The molecule has 0 amide bonds. The second-order valence-corrected chi connectivity index (χ2v) is 2.47. The lowest BCUT2D eigenvalue weighted by Crippen LogP contribution is -2.09. The largest absolute Gasteiger partial charge is 0.495 e. The average molecular weight is 188 g/mol. The van der Waals surface area contributed by atoms with E-state index in [4.69, 9.17) is 14.6 Å². The van der Waals surface area contributed by atoms with Gasteiger partial charge in [0.1, 0.15) is 12.4 Å². The maximum absolute atomic E-state index is 11.1. The molecule has 0 aromatic carbocycles. The Labute approximate surface area is 78.2 Å². The maximum Gasteiger partial charge on any atom is 0.337 e. The fourth-order valence-electron chi connectivity index (χ4n) is 0.690. The summed E-state index contributed by atoms with van der Waals surface area (Å²) in [7, 11) is 0. The van der Waals surface area contributed by atoms with Crippen LogP contribution in [0.15, 0.2) is 11.3 Å². The van der Waals surface area contributed by atoms with Gasteiger partial charge in [0, 0.05) is 0 Å². The Morgan fingerprint density at radius 1 is 1.31 bits per heavy atom. The van der Waals surface area contributed by atoms with E-state index in [0.29, 0.717) is 17.9 Å². The molecule has 0 rings (SSSR count).